The molecule has 3 unspecified atom stereocenters. The molecule has 136 valence electrons. The van der Waals surface area contributed by atoms with Gasteiger partial charge in [0.05, 0.1) is 0 Å². The number of nitrogens with one attached hydrogen (secondary N) is 1. The van der Waals surface area contributed by atoms with E-state index in [0.717, 1.165) is 13.0 Å². The molecule has 1 N–H and O–H groups in total. The molecule has 0 aliphatic rings. The number of carbonyl (C=O) groups is 2. The molecule has 0 aromatic carbocycles. The van der Waals surface area contributed by atoms with E-state index in [4.69, 9.17) is 0 Å². The molecule has 0 saturated heterocycles. The summed E-state index contributed by atoms with van der Waals surface area (Å²) in [5.74, 6) is 2.35. The van der Waals surface area contributed by atoms with Crippen molar-refractivity contribution in [2.75, 3.05) is 6.54 Å². The average Bonchev–Trinajstić information content (AvgIpc) is 2.41. The third kappa shape index (κ3) is 7.99. The Labute approximate surface area is 144 Å². The van der Waals surface area contributed by atoms with Crippen LogP contribution in [0.4, 0.5) is 0 Å². The fourth-order valence-corrected chi connectivity index (χ4v) is 3.33. The van der Waals surface area contributed by atoms with Gasteiger partial charge >= 0.3 is 0 Å². The Bertz CT molecular complexity index is 385. The Hall–Kier alpha value is -0.860. The largest absolute Gasteiger partial charge is 0.356 e. The first-order valence-corrected chi connectivity index (χ1v) is 9.19. The molecule has 1 amide bonds. The van der Waals surface area contributed by atoms with E-state index >= 15 is 0 Å². The van der Waals surface area contributed by atoms with Crippen molar-refractivity contribution in [3.63, 3.8) is 0 Å². The molecule has 0 aliphatic heterocycles. The van der Waals surface area contributed by atoms with E-state index < -0.39 is 0 Å². The van der Waals surface area contributed by atoms with Crippen LogP contribution < -0.4 is 5.32 Å². The zero-order valence-electron chi connectivity index (χ0n) is 16.8. The molecular formula is C20H39NO2. The Balaban J connectivity index is 4.33. The third-order valence-electron chi connectivity index (χ3n) is 5.15. The van der Waals surface area contributed by atoms with Crippen LogP contribution in [0.25, 0.3) is 0 Å². The van der Waals surface area contributed by atoms with E-state index in [1.54, 1.807) is 0 Å². The number of carbonyl (C=O) groups excluding carboxylic acids is 2. The van der Waals surface area contributed by atoms with E-state index in [1.165, 1.54) is 0 Å². The topological polar surface area (TPSA) is 46.2 Å². The number of Topliss-reactive ketones (excluding diaryl/α,β-unsaturated/α-hetero) is 1. The van der Waals surface area contributed by atoms with Crippen molar-refractivity contribution in [1.82, 2.24) is 5.32 Å². The molecule has 0 rings (SSSR count). The maximum Gasteiger partial charge on any atom is 0.220 e. The van der Waals surface area contributed by atoms with Crippen molar-refractivity contribution in [2.45, 2.75) is 75.2 Å². The number of hydrogen-bond acceptors (Lipinski definition) is 2. The van der Waals surface area contributed by atoms with Crippen LogP contribution in [-0.4, -0.2) is 18.2 Å². The van der Waals surface area contributed by atoms with Gasteiger partial charge in [-0.3, -0.25) is 9.59 Å². The van der Waals surface area contributed by atoms with Gasteiger partial charge in [-0.05, 0) is 30.1 Å². The summed E-state index contributed by atoms with van der Waals surface area (Å²) in [6, 6.07) is 0. The SMILES string of the molecule is CC(CC(=O)NCC(C)C(C)C(C)C)CC(C)(C)C(=O)C(C)C. The van der Waals surface area contributed by atoms with Gasteiger partial charge in [-0.15, -0.1) is 0 Å². The van der Waals surface area contributed by atoms with Crippen molar-refractivity contribution in [1.29, 1.82) is 0 Å². The Kier molecular flexibility index (Phi) is 9.09. The van der Waals surface area contributed by atoms with Crippen LogP contribution in [0, 0.1) is 35.0 Å². The fourth-order valence-electron chi connectivity index (χ4n) is 3.33. The molecule has 0 aromatic heterocycles. The van der Waals surface area contributed by atoms with Crippen molar-refractivity contribution in [3.05, 3.63) is 0 Å². The van der Waals surface area contributed by atoms with Crippen LogP contribution in [0.2, 0.25) is 0 Å². The maximum atomic E-state index is 12.2. The smallest absolute Gasteiger partial charge is 0.220 e. The summed E-state index contributed by atoms with van der Waals surface area (Å²) < 4.78 is 0. The number of rotatable bonds is 10. The quantitative estimate of drug-likeness (QED) is 0.633. The van der Waals surface area contributed by atoms with Gasteiger partial charge < -0.3 is 5.32 Å². The summed E-state index contributed by atoms with van der Waals surface area (Å²) in [6.07, 6.45) is 1.26. The molecule has 0 spiro atoms. The Morgan fingerprint density at radius 2 is 1.48 bits per heavy atom. The van der Waals surface area contributed by atoms with Crippen molar-refractivity contribution in [3.8, 4) is 0 Å². The number of amides is 1. The standard InChI is InChI=1S/C20H39NO2/c1-13(2)17(7)16(6)12-21-18(22)10-15(5)11-20(8,9)19(23)14(3)4/h13-17H,10-12H2,1-9H3,(H,21,22). The minimum Gasteiger partial charge on any atom is -0.356 e. The number of ketones is 1. The van der Waals surface area contributed by atoms with Gasteiger partial charge in [0.15, 0.2) is 0 Å². The first-order valence-electron chi connectivity index (χ1n) is 9.19. The Morgan fingerprint density at radius 1 is 0.957 bits per heavy atom. The average molecular weight is 326 g/mol. The van der Waals surface area contributed by atoms with Gasteiger partial charge in [0.25, 0.3) is 0 Å². The van der Waals surface area contributed by atoms with Crippen LogP contribution in [0.3, 0.4) is 0 Å². The molecule has 3 nitrogen and oxygen atoms in total. The van der Waals surface area contributed by atoms with Gasteiger partial charge in [-0.25, -0.2) is 0 Å². The second kappa shape index (κ2) is 9.44. The lowest BCUT2D eigenvalue weighted by atomic mass is 9.75. The highest BCUT2D eigenvalue weighted by molar-refractivity contribution is 5.85. The molecule has 3 atom stereocenters. The van der Waals surface area contributed by atoms with Gasteiger partial charge in [-0.1, -0.05) is 62.3 Å². The summed E-state index contributed by atoms with van der Waals surface area (Å²) in [4.78, 5) is 24.4. The molecule has 0 fully saturated rings. The van der Waals surface area contributed by atoms with E-state index in [9.17, 15) is 9.59 Å². The summed E-state index contributed by atoms with van der Waals surface area (Å²) in [7, 11) is 0. The summed E-state index contributed by atoms with van der Waals surface area (Å²) in [5.41, 5.74) is -0.354. The molecule has 23 heavy (non-hydrogen) atoms. The predicted molar refractivity (Wildman–Crippen MR) is 98.2 cm³/mol. The van der Waals surface area contributed by atoms with Crippen molar-refractivity contribution < 1.29 is 9.59 Å². The molecule has 0 aliphatic carbocycles. The lowest BCUT2D eigenvalue weighted by Gasteiger charge is -2.28. The third-order valence-corrected chi connectivity index (χ3v) is 5.15. The van der Waals surface area contributed by atoms with Crippen LogP contribution in [0.15, 0.2) is 0 Å². The van der Waals surface area contributed by atoms with Gasteiger partial charge in [0.1, 0.15) is 5.78 Å². The number of hydrogen-bond donors (Lipinski definition) is 1. The zero-order chi connectivity index (χ0) is 18.4. The minimum absolute atomic E-state index is 0.0457. The highest BCUT2D eigenvalue weighted by atomic mass is 16.1. The molecule has 0 saturated carbocycles. The molecule has 0 radical (unpaired) electrons. The van der Waals surface area contributed by atoms with E-state index in [2.05, 4.69) is 39.9 Å². The predicted octanol–water partition coefficient (Wildman–Crippen LogP) is 4.70. The highest BCUT2D eigenvalue weighted by Crippen LogP contribution is 2.30. The van der Waals surface area contributed by atoms with Crippen molar-refractivity contribution >= 4 is 11.7 Å². The van der Waals surface area contributed by atoms with Crippen LogP contribution in [-0.2, 0) is 9.59 Å². The summed E-state index contributed by atoms with van der Waals surface area (Å²) >= 11 is 0. The second-order valence-electron chi connectivity index (χ2n) is 8.80. The molecule has 0 heterocycles. The normalized spacial score (nSPS) is 16.3. The first kappa shape index (κ1) is 22.1. The zero-order valence-corrected chi connectivity index (χ0v) is 16.8. The first-order chi connectivity index (χ1) is 10.4. The summed E-state index contributed by atoms with van der Waals surface area (Å²) in [5, 5.41) is 3.06. The minimum atomic E-state index is -0.354. The lowest BCUT2D eigenvalue weighted by Crippen LogP contribution is -2.34. The highest BCUT2D eigenvalue weighted by Gasteiger charge is 2.31. The lowest BCUT2D eigenvalue weighted by molar-refractivity contribution is -0.131. The molecular weight excluding hydrogens is 286 g/mol. The molecule has 3 heteroatoms. The van der Waals surface area contributed by atoms with E-state index in [0.29, 0.717) is 24.2 Å². The van der Waals surface area contributed by atoms with E-state index in [-0.39, 0.29) is 28.9 Å². The fraction of sp³-hybridized carbons (Fsp3) is 0.900. The summed E-state index contributed by atoms with van der Waals surface area (Å²) in [6.45, 7) is 19.6. The molecule has 0 aromatic rings. The maximum absolute atomic E-state index is 12.2. The van der Waals surface area contributed by atoms with Gasteiger partial charge in [-0.2, -0.15) is 0 Å². The second-order valence-corrected chi connectivity index (χ2v) is 8.80. The Morgan fingerprint density at radius 3 is 1.91 bits per heavy atom. The van der Waals surface area contributed by atoms with E-state index in [1.807, 2.05) is 27.7 Å². The molecule has 0 bridgehead atoms. The van der Waals surface area contributed by atoms with Gasteiger partial charge in [0, 0.05) is 24.3 Å². The van der Waals surface area contributed by atoms with Crippen molar-refractivity contribution in [2.24, 2.45) is 35.0 Å². The van der Waals surface area contributed by atoms with Crippen LogP contribution >= 0.6 is 0 Å². The van der Waals surface area contributed by atoms with Crippen LogP contribution in [0.1, 0.15) is 75.2 Å². The van der Waals surface area contributed by atoms with Gasteiger partial charge in [0.2, 0.25) is 5.91 Å². The monoisotopic (exact) mass is 325 g/mol. The van der Waals surface area contributed by atoms with Crippen LogP contribution in [0.5, 0.6) is 0 Å².